The molecule has 0 heterocycles. The van der Waals surface area contributed by atoms with Crippen molar-refractivity contribution in [1.82, 2.24) is 0 Å². The van der Waals surface area contributed by atoms with Crippen LogP contribution in [-0.2, 0) is 41.0 Å². The van der Waals surface area contributed by atoms with Crippen LogP contribution in [-0.4, -0.2) is 0 Å². The van der Waals surface area contributed by atoms with E-state index in [2.05, 4.69) is 99.7 Å². The Bertz CT molecular complexity index is 2140. The Morgan fingerprint density at radius 2 is 1.19 bits per heavy atom. The van der Waals surface area contributed by atoms with Crippen LogP contribution in [0.4, 0.5) is 0 Å². The van der Waals surface area contributed by atoms with Crippen LogP contribution < -0.4 is 24.8 Å². The first kappa shape index (κ1) is 38.5. The average Bonchev–Trinajstić information content (AvgIpc) is 3.94. The third-order valence-electron chi connectivity index (χ3n) is 19.5. The van der Waals surface area contributed by atoms with Gasteiger partial charge < -0.3 is 24.8 Å². The first-order chi connectivity index (χ1) is 26.6. The molecule has 0 saturated heterocycles. The normalized spacial score (nSPS) is 43.5. The van der Waals surface area contributed by atoms with Crippen molar-refractivity contribution >= 4 is 0 Å². The molecule has 3 aromatic rings. The summed E-state index contributed by atoms with van der Waals surface area (Å²) in [4.78, 5) is 0. The van der Waals surface area contributed by atoms with Crippen LogP contribution in [0.5, 0.6) is 0 Å². The largest absolute Gasteiger partial charge is 1.00 e. The standard InChI is InChI=1S/C54H61.2ClH.Zr/c1-51(2,3)41-24-47-42-10-7-11-48(42)54(49(47)25-41,38-8-5-4-6-9-38)50-43-14-12-39(52-26-32-16-33(27-52)18-34(17-32)28-52)22-45(43)46-23-40(13-15-44(46)50)53-29-35-19-36(30-53)21-37(20-35)31-53;;;/h4-9,11-15,22-23,26,32-37,41,47,49-50H,10,16-21,24-25,27-31H2,1-3H3;2*1H;/q;;;+2/p-2. The van der Waals surface area contributed by atoms with Gasteiger partial charge in [-0.3, -0.25) is 0 Å². The van der Waals surface area contributed by atoms with Gasteiger partial charge in [-0.1, -0.05) is 20.8 Å². The summed E-state index contributed by atoms with van der Waals surface area (Å²) in [5, 5.41) is 0. The van der Waals surface area contributed by atoms with Gasteiger partial charge in [-0.15, -0.1) is 0 Å². The third kappa shape index (κ3) is 5.13. The molecular formula is C54H61Cl2Zr. The van der Waals surface area contributed by atoms with E-state index in [9.17, 15) is 0 Å². The Labute approximate surface area is 371 Å². The zero-order valence-electron chi connectivity index (χ0n) is 34.5. The summed E-state index contributed by atoms with van der Waals surface area (Å²) in [5.74, 6) is 8.31. The molecule has 8 bridgehead atoms. The summed E-state index contributed by atoms with van der Waals surface area (Å²) in [6.07, 6.45) is 25.5. The number of benzene rings is 3. The average molecular weight is 872 g/mol. The summed E-state index contributed by atoms with van der Waals surface area (Å²) in [6, 6.07) is 28.8. The number of allylic oxidation sites excluding steroid dienone is 4. The van der Waals surface area contributed by atoms with Crippen molar-refractivity contribution in [1.29, 1.82) is 0 Å². The summed E-state index contributed by atoms with van der Waals surface area (Å²) >= 11 is 1.81. The molecule has 12 aliphatic rings. The predicted molar refractivity (Wildman–Crippen MR) is 221 cm³/mol. The van der Waals surface area contributed by atoms with Gasteiger partial charge in [-0.2, -0.15) is 0 Å². The Morgan fingerprint density at radius 3 is 1.81 bits per heavy atom. The van der Waals surface area contributed by atoms with Crippen molar-refractivity contribution in [3.63, 3.8) is 0 Å². The molecule has 0 aliphatic heterocycles. The fourth-order valence-electron chi connectivity index (χ4n) is 18.0. The molecule has 3 heteroatoms. The van der Waals surface area contributed by atoms with E-state index in [1.54, 1.807) is 44.5 Å². The van der Waals surface area contributed by atoms with E-state index >= 15 is 0 Å². The third-order valence-corrected chi connectivity index (χ3v) is 22.0. The van der Waals surface area contributed by atoms with Crippen LogP contribution in [0.15, 0.2) is 90.0 Å². The van der Waals surface area contributed by atoms with Gasteiger partial charge in [0.2, 0.25) is 0 Å². The minimum Gasteiger partial charge on any atom is -1.00 e. The molecule has 295 valence electrons. The Balaban J connectivity index is 0.00000187. The van der Waals surface area contributed by atoms with Crippen molar-refractivity contribution in [2.45, 2.75) is 136 Å². The molecule has 0 spiro atoms. The minimum absolute atomic E-state index is 0. The van der Waals surface area contributed by atoms with Gasteiger partial charge >= 0.3 is 328 Å². The van der Waals surface area contributed by atoms with Gasteiger partial charge in [0, 0.05) is 0 Å². The maximum absolute atomic E-state index is 2.87. The molecule has 9 fully saturated rings. The van der Waals surface area contributed by atoms with E-state index in [-0.39, 0.29) is 30.2 Å². The zero-order chi connectivity index (χ0) is 36.6. The van der Waals surface area contributed by atoms with Gasteiger partial charge in [0.15, 0.2) is 0 Å². The molecule has 0 aromatic heterocycles. The predicted octanol–water partition coefficient (Wildman–Crippen LogP) is 7.58. The van der Waals surface area contributed by atoms with Crippen LogP contribution in [0.3, 0.4) is 0 Å². The fourth-order valence-corrected chi connectivity index (χ4v) is 19.7. The Hall–Kier alpha value is -1.40. The van der Waals surface area contributed by atoms with Gasteiger partial charge in [0.05, 0.1) is 0 Å². The molecule has 0 nitrogen and oxygen atoms in total. The SMILES string of the molecule is CC(C)(C)C1CC2C3=C(C=CC3)C(c3ccccc3)(C3c4ccc(C56CC7CC(CC(C7)C5)C6)cc4-c4cc(C56CC7CC(CC(C7)[CH]5[Zr+2])C6)ccc43)C2C1.[Cl-].[Cl-]. The molecule has 0 radical (unpaired) electrons. The molecule has 0 amide bonds. The second-order valence-corrected chi connectivity index (χ2v) is 24.5. The zero-order valence-corrected chi connectivity index (χ0v) is 38.5. The number of halogens is 2. The molecule has 8 atom stereocenters. The monoisotopic (exact) mass is 869 g/mol. The molecule has 0 N–H and O–H groups in total. The number of hydrogen-bond acceptors (Lipinski definition) is 0. The second-order valence-electron chi connectivity index (χ2n) is 23.0. The number of fused-ring (bicyclic) bond motifs is 5. The van der Waals surface area contributed by atoms with E-state index in [0.717, 1.165) is 45.1 Å². The molecular weight excluding hydrogens is 811 g/mol. The molecule has 9 saturated carbocycles. The van der Waals surface area contributed by atoms with Crippen molar-refractivity contribution in [2.24, 2.45) is 58.7 Å². The first-order valence-corrected chi connectivity index (χ1v) is 24.5. The van der Waals surface area contributed by atoms with Crippen LogP contribution in [0, 0.1) is 58.7 Å². The van der Waals surface area contributed by atoms with Crippen LogP contribution in [0.25, 0.3) is 11.1 Å². The Morgan fingerprint density at radius 1 is 0.614 bits per heavy atom. The van der Waals surface area contributed by atoms with Crippen molar-refractivity contribution in [2.75, 3.05) is 0 Å². The summed E-state index contributed by atoms with van der Waals surface area (Å²) < 4.78 is 0.899. The summed E-state index contributed by atoms with van der Waals surface area (Å²) in [6.45, 7) is 7.60. The molecule has 15 rings (SSSR count). The smallest absolute Gasteiger partial charge is 1.00 e. The van der Waals surface area contributed by atoms with Crippen LogP contribution in [0.2, 0.25) is 3.63 Å². The molecule has 3 aromatic carbocycles. The maximum atomic E-state index is 2.87. The van der Waals surface area contributed by atoms with Crippen LogP contribution >= 0.6 is 0 Å². The number of hydrogen-bond donors (Lipinski definition) is 0. The van der Waals surface area contributed by atoms with Gasteiger partial charge in [0.1, 0.15) is 0 Å². The van der Waals surface area contributed by atoms with Gasteiger partial charge in [-0.25, -0.2) is 0 Å². The van der Waals surface area contributed by atoms with E-state index in [0.29, 0.717) is 34.0 Å². The Kier molecular flexibility index (Phi) is 8.83. The van der Waals surface area contributed by atoms with E-state index in [4.69, 9.17) is 0 Å². The van der Waals surface area contributed by atoms with E-state index in [1.807, 2.05) is 30.3 Å². The fraction of sp³-hybridized carbons (Fsp3) is 0.593. The molecule has 12 aliphatic carbocycles. The van der Waals surface area contributed by atoms with Crippen molar-refractivity contribution in [3.8, 4) is 11.1 Å². The summed E-state index contributed by atoms with van der Waals surface area (Å²) in [7, 11) is 0. The van der Waals surface area contributed by atoms with Crippen molar-refractivity contribution < 1.29 is 49.5 Å². The van der Waals surface area contributed by atoms with Crippen molar-refractivity contribution in [3.05, 3.63) is 118 Å². The van der Waals surface area contributed by atoms with E-state index < -0.39 is 0 Å². The van der Waals surface area contributed by atoms with Gasteiger partial charge in [0.25, 0.3) is 0 Å². The van der Waals surface area contributed by atoms with E-state index in [1.165, 1.54) is 89.9 Å². The van der Waals surface area contributed by atoms with Crippen LogP contribution in [0.1, 0.15) is 144 Å². The van der Waals surface area contributed by atoms with Gasteiger partial charge in [-0.05, 0) is 0 Å². The second kappa shape index (κ2) is 13.1. The maximum Gasteiger partial charge on any atom is -1.00 e. The topological polar surface area (TPSA) is 0 Å². The molecule has 57 heavy (non-hydrogen) atoms. The molecule has 8 unspecified atom stereocenters. The quantitative estimate of drug-likeness (QED) is 0.254. The minimum atomic E-state index is -0.0313. The first-order valence-electron chi connectivity index (χ1n) is 23.1. The summed E-state index contributed by atoms with van der Waals surface area (Å²) in [5.41, 5.74) is 16.4. The number of rotatable bonds is 4.